The molecular weight excluding hydrogens is 308 g/mol. The van der Waals surface area contributed by atoms with E-state index >= 15 is 0 Å². The van der Waals surface area contributed by atoms with Crippen LogP contribution in [0.2, 0.25) is 5.02 Å². The Morgan fingerprint density at radius 2 is 1.62 bits per heavy atom. The minimum Gasteiger partial charge on any atom is -0.298 e. The van der Waals surface area contributed by atoms with E-state index in [2.05, 4.69) is 4.52 Å². The molecule has 2 rings (SSSR count). The largest absolute Gasteiger partial charge is 0.298 e. The Labute approximate surface area is 127 Å². The van der Waals surface area contributed by atoms with Gasteiger partial charge in [0.25, 0.3) is 0 Å². The van der Waals surface area contributed by atoms with Crippen molar-refractivity contribution in [1.29, 1.82) is 10.9 Å². The third-order valence-corrected chi connectivity index (χ3v) is 5.79. The van der Waals surface area contributed by atoms with Crippen molar-refractivity contribution in [1.82, 2.24) is 0 Å². The van der Waals surface area contributed by atoms with Crippen molar-refractivity contribution >= 4 is 26.6 Å². The molecule has 0 aliphatic rings. The molecule has 2 aromatic rings. The standard InChI is InChI=1S/C14H15ClN4OS/c15-13-8-6-12(7-9-13)14(11-4-2-1-3-5-11)21(18,20,10-16)19-17/h1-10,14,16-17H,(H2,18,20). The molecule has 0 fully saturated rings. The molecule has 0 spiro atoms. The van der Waals surface area contributed by atoms with Crippen LogP contribution >= 0.6 is 11.6 Å². The highest BCUT2D eigenvalue weighted by atomic mass is 35.5. The minimum atomic E-state index is -4.49. The fraction of sp³-hybridized carbons (Fsp3) is 0.0714. The van der Waals surface area contributed by atoms with Crippen LogP contribution < -0.4 is 5.14 Å². The zero-order valence-corrected chi connectivity index (χ0v) is 12.6. The molecule has 4 N–H and O–H groups in total. The van der Waals surface area contributed by atoms with Crippen molar-refractivity contribution in [3.05, 3.63) is 70.7 Å². The van der Waals surface area contributed by atoms with Crippen LogP contribution in [0, 0.1) is 10.9 Å². The summed E-state index contributed by atoms with van der Waals surface area (Å²) in [7, 11) is -4.49. The topological polar surface area (TPSA) is 103 Å². The van der Waals surface area contributed by atoms with Crippen LogP contribution in [0.25, 0.3) is 0 Å². The fourth-order valence-electron chi connectivity index (χ4n) is 2.15. The number of halogens is 1. The Morgan fingerprint density at radius 3 is 2.10 bits per heavy atom. The molecule has 1 unspecified atom stereocenters. The van der Waals surface area contributed by atoms with Gasteiger partial charge in [-0.15, -0.1) is 0 Å². The molecule has 0 amide bonds. The van der Waals surface area contributed by atoms with Gasteiger partial charge in [-0.2, -0.15) is 5.53 Å². The predicted molar refractivity (Wildman–Crippen MR) is 86.0 cm³/mol. The molecule has 0 aliphatic carbocycles. The zero-order chi connectivity index (χ0) is 15.5. The third kappa shape index (κ3) is 2.92. The highest BCUT2D eigenvalue weighted by molar-refractivity contribution is 8.28. The molecule has 2 aromatic carbocycles. The molecule has 21 heavy (non-hydrogen) atoms. The number of nitrogens with one attached hydrogen (secondary N) is 2. The summed E-state index contributed by atoms with van der Waals surface area (Å²) in [5.74, 6) is 0. The van der Waals surface area contributed by atoms with Gasteiger partial charge in [0.05, 0.1) is 15.0 Å². The Bertz CT molecular complexity index is 718. The maximum Gasteiger partial charge on any atom is 0.101 e. The van der Waals surface area contributed by atoms with Gasteiger partial charge in [0.2, 0.25) is 0 Å². The van der Waals surface area contributed by atoms with Gasteiger partial charge in [-0.05, 0) is 23.3 Å². The normalized spacial score (nSPS) is 14.7. The number of hydrogen-bond donors (Lipinski definition) is 3. The maximum atomic E-state index is 13.1. The first kappa shape index (κ1) is 15.5. The number of hydrogen-bond acceptors (Lipinski definition) is 3. The highest BCUT2D eigenvalue weighted by Gasteiger charge is 2.41. The highest BCUT2D eigenvalue weighted by Crippen LogP contribution is 2.41. The van der Waals surface area contributed by atoms with Gasteiger partial charge < -0.3 is 0 Å². The predicted octanol–water partition coefficient (Wildman–Crippen LogP) is 3.68. The summed E-state index contributed by atoms with van der Waals surface area (Å²) in [6, 6.07) is 15.5. The number of rotatable bonds is 5. The molecular formula is C14H15ClN4OS. The lowest BCUT2D eigenvalue weighted by atomic mass is 10.0. The molecule has 0 heterocycles. The molecule has 0 saturated heterocycles. The second-order valence-electron chi connectivity index (χ2n) is 4.64. The maximum absolute atomic E-state index is 13.1. The van der Waals surface area contributed by atoms with E-state index in [-0.39, 0.29) is 0 Å². The molecule has 0 aromatic heterocycles. The first-order valence-corrected chi connectivity index (χ1v) is 8.56. The summed E-state index contributed by atoms with van der Waals surface area (Å²) in [4.78, 5) is 0. The quantitative estimate of drug-likeness (QED) is 0.436. The Morgan fingerprint density at radius 1 is 1.10 bits per heavy atom. The van der Waals surface area contributed by atoms with Crippen LogP contribution in [0.1, 0.15) is 16.4 Å². The van der Waals surface area contributed by atoms with E-state index < -0.39 is 14.7 Å². The smallest absolute Gasteiger partial charge is 0.101 e. The van der Waals surface area contributed by atoms with Gasteiger partial charge in [-0.1, -0.05) is 58.6 Å². The van der Waals surface area contributed by atoms with Gasteiger partial charge in [0, 0.05) is 5.02 Å². The lowest BCUT2D eigenvalue weighted by Crippen LogP contribution is -2.46. The fourth-order valence-corrected chi connectivity index (χ4v) is 3.98. The van der Waals surface area contributed by atoms with Gasteiger partial charge >= 0.3 is 0 Å². The van der Waals surface area contributed by atoms with E-state index in [1.54, 1.807) is 48.5 Å². The lowest BCUT2D eigenvalue weighted by Gasteiger charge is -2.36. The van der Waals surface area contributed by atoms with E-state index in [9.17, 15) is 4.21 Å². The number of nitrogens with two attached hydrogens (primary N) is 1. The number of nitrogens with zero attached hydrogens (tertiary/aromatic N) is 1. The van der Waals surface area contributed by atoms with Crippen LogP contribution in [0.3, 0.4) is 0 Å². The molecule has 0 aliphatic heterocycles. The average molecular weight is 323 g/mol. The summed E-state index contributed by atoms with van der Waals surface area (Å²) < 4.78 is 16.2. The van der Waals surface area contributed by atoms with Gasteiger partial charge in [0.15, 0.2) is 0 Å². The molecule has 0 radical (unpaired) electrons. The van der Waals surface area contributed by atoms with Crippen LogP contribution in [0.15, 0.2) is 59.1 Å². The van der Waals surface area contributed by atoms with Gasteiger partial charge in [-0.25, -0.2) is 9.35 Å². The van der Waals surface area contributed by atoms with Crippen LogP contribution in [-0.4, -0.2) is 9.76 Å². The summed E-state index contributed by atoms with van der Waals surface area (Å²) in [5, 5.41) is 13.0. The van der Waals surface area contributed by atoms with Gasteiger partial charge in [-0.3, -0.25) is 5.41 Å². The van der Waals surface area contributed by atoms with E-state index in [0.717, 1.165) is 0 Å². The second-order valence-corrected chi connectivity index (χ2v) is 8.14. The lowest BCUT2D eigenvalue weighted by molar-refractivity contribution is 0.657. The number of benzene rings is 2. The molecule has 0 saturated carbocycles. The second kappa shape index (κ2) is 5.48. The Balaban J connectivity index is 2.72. The Kier molecular flexibility index (Phi) is 4.04. The van der Waals surface area contributed by atoms with E-state index in [1.807, 2.05) is 6.07 Å². The average Bonchev–Trinajstić information content (AvgIpc) is 2.51. The van der Waals surface area contributed by atoms with Crippen molar-refractivity contribution < 1.29 is 4.21 Å². The zero-order valence-electron chi connectivity index (χ0n) is 11.1. The summed E-state index contributed by atoms with van der Waals surface area (Å²) in [5.41, 5.74) is 9.07. The first-order chi connectivity index (χ1) is 9.89. The van der Waals surface area contributed by atoms with Crippen LogP contribution in [-0.2, 0) is 9.44 Å². The molecule has 1 atom stereocenters. The van der Waals surface area contributed by atoms with E-state index in [4.69, 9.17) is 27.7 Å². The van der Waals surface area contributed by atoms with Crippen molar-refractivity contribution in [3.8, 4) is 0 Å². The van der Waals surface area contributed by atoms with Crippen LogP contribution in [0.5, 0.6) is 0 Å². The molecule has 0 bridgehead atoms. The van der Waals surface area contributed by atoms with Crippen molar-refractivity contribution in [2.75, 3.05) is 0 Å². The van der Waals surface area contributed by atoms with E-state index in [1.165, 1.54) is 0 Å². The monoisotopic (exact) mass is 322 g/mol. The van der Waals surface area contributed by atoms with Crippen molar-refractivity contribution in [3.63, 3.8) is 0 Å². The van der Waals surface area contributed by atoms with Crippen molar-refractivity contribution in [2.45, 2.75) is 5.25 Å². The van der Waals surface area contributed by atoms with Crippen LogP contribution in [0.4, 0.5) is 0 Å². The minimum absolute atomic E-state index is 0.531. The molecule has 7 heteroatoms. The third-order valence-electron chi connectivity index (χ3n) is 3.18. The summed E-state index contributed by atoms with van der Waals surface area (Å²) in [6.45, 7) is 0. The molecule has 5 nitrogen and oxygen atoms in total. The summed E-state index contributed by atoms with van der Waals surface area (Å²) >= 11 is 5.87. The Hall–Kier alpha value is -1.89. The molecule has 110 valence electrons. The van der Waals surface area contributed by atoms with E-state index in [0.29, 0.717) is 21.7 Å². The SMILES string of the molecule is N=CS(N)(=O)(N=N)C(c1ccccc1)c1ccc(Cl)cc1. The summed E-state index contributed by atoms with van der Waals surface area (Å²) in [6.07, 6.45) is 0. The first-order valence-electron chi connectivity index (χ1n) is 6.07. The van der Waals surface area contributed by atoms with Gasteiger partial charge in [0.1, 0.15) is 5.25 Å². The van der Waals surface area contributed by atoms with Crippen molar-refractivity contribution in [2.24, 2.45) is 9.66 Å².